The maximum absolute atomic E-state index is 11.9. The van der Waals surface area contributed by atoms with E-state index < -0.39 is 0 Å². The molecule has 18 heavy (non-hydrogen) atoms. The molecule has 98 valence electrons. The van der Waals surface area contributed by atoms with Crippen LogP contribution in [0.15, 0.2) is 12.1 Å². The summed E-state index contributed by atoms with van der Waals surface area (Å²) in [7, 11) is 1.31. The molecule has 3 nitrogen and oxygen atoms in total. The monoisotopic (exact) mass is 308 g/mol. The number of Topliss-reactive ketones (excluding diaryl/α,β-unsaturated/α-hetero) is 1. The van der Waals surface area contributed by atoms with E-state index in [0.717, 1.165) is 0 Å². The van der Waals surface area contributed by atoms with Crippen LogP contribution in [-0.2, 0) is 9.53 Å². The van der Waals surface area contributed by atoms with Gasteiger partial charge < -0.3 is 4.74 Å². The van der Waals surface area contributed by atoms with E-state index in [9.17, 15) is 9.59 Å². The van der Waals surface area contributed by atoms with Crippen LogP contribution < -0.4 is 0 Å². The molecule has 0 unspecified atom stereocenters. The zero-order valence-electron chi connectivity index (χ0n) is 9.63. The molecular weight excluding hydrogens is 298 g/mol. The predicted octanol–water partition coefficient (Wildman–Crippen LogP) is 4.17. The average molecular weight is 310 g/mol. The Hall–Kier alpha value is -0.770. The van der Waals surface area contributed by atoms with E-state index >= 15 is 0 Å². The van der Waals surface area contributed by atoms with Crippen LogP contribution in [0, 0.1) is 0 Å². The Morgan fingerprint density at radius 2 is 1.67 bits per heavy atom. The Labute approximate surface area is 120 Å². The van der Waals surface area contributed by atoms with Gasteiger partial charge in [0.25, 0.3) is 0 Å². The number of esters is 1. The van der Waals surface area contributed by atoms with Crippen LogP contribution in [0.4, 0.5) is 0 Å². The van der Waals surface area contributed by atoms with E-state index in [1.807, 2.05) is 0 Å². The number of ether oxygens (including phenoxy) is 1. The number of carbonyl (C=O) groups is 2. The first-order chi connectivity index (χ1) is 8.45. The van der Waals surface area contributed by atoms with Crippen molar-refractivity contribution in [1.82, 2.24) is 0 Å². The summed E-state index contributed by atoms with van der Waals surface area (Å²) < 4.78 is 4.48. The first-order valence-corrected chi connectivity index (χ1v) is 6.33. The van der Waals surface area contributed by atoms with Crippen molar-refractivity contribution in [2.24, 2.45) is 0 Å². The van der Waals surface area contributed by atoms with Gasteiger partial charge in [0.2, 0.25) is 0 Å². The fourth-order valence-corrected chi connectivity index (χ4v) is 2.02. The zero-order valence-corrected chi connectivity index (χ0v) is 11.9. The molecule has 0 aliphatic carbocycles. The molecule has 0 N–H and O–H groups in total. The van der Waals surface area contributed by atoms with E-state index in [-0.39, 0.29) is 34.6 Å². The van der Waals surface area contributed by atoms with Gasteiger partial charge in [-0.3, -0.25) is 9.59 Å². The Kier molecular flexibility index (Phi) is 5.93. The highest BCUT2D eigenvalue weighted by molar-refractivity contribution is 6.44. The molecule has 0 aliphatic rings. The van der Waals surface area contributed by atoms with Gasteiger partial charge in [0, 0.05) is 18.4 Å². The largest absolute Gasteiger partial charge is 0.469 e. The normalized spacial score (nSPS) is 10.2. The number of ketones is 1. The third-order valence-corrected chi connectivity index (χ3v) is 3.36. The van der Waals surface area contributed by atoms with Crippen molar-refractivity contribution in [1.29, 1.82) is 0 Å². The Morgan fingerprint density at radius 1 is 1.06 bits per heavy atom. The van der Waals surface area contributed by atoms with Crippen molar-refractivity contribution in [3.8, 4) is 0 Å². The molecule has 0 spiro atoms. The summed E-state index contributed by atoms with van der Waals surface area (Å²) in [5, 5.41) is 0.831. The highest BCUT2D eigenvalue weighted by Crippen LogP contribution is 2.29. The van der Waals surface area contributed by atoms with Gasteiger partial charge in [-0.1, -0.05) is 34.8 Å². The van der Waals surface area contributed by atoms with Crippen LogP contribution in [0.1, 0.15) is 29.6 Å². The summed E-state index contributed by atoms with van der Waals surface area (Å²) >= 11 is 17.5. The summed E-state index contributed by atoms with van der Waals surface area (Å²) in [6.45, 7) is 0. The maximum atomic E-state index is 11.9. The summed E-state index contributed by atoms with van der Waals surface area (Å²) in [5.41, 5.74) is 0.316. The number of hydrogen-bond acceptors (Lipinski definition) is 3. The van der Waals surface area contributed by atoms with Gasteiger partial charge in [0.15, 0.2) is 5.78 Å². The number of methoxy groups -OCH3 is 1. The minimum atomic E-state index is -0.344. The SMILES string of the molecule is COC(=O)CCCC(=O)c1cc(Cl)c(Cl)cc1Cl. The van der Waals surface area contributed by atoms with Crippen LogP contribution in [-0.4, -0.2) is 18.9 Å². The topological polar surface area (TPSA) is 43.4 Å². The van der Waals surface area contributed by atoms with Crippen molar-refractivity contribution in [3.05, 3.63) is 32.8 Å². The lowest BCUT2D eigenvalue weighted by Gasteiger charge is -2.05. The van der Waals surface area contributed by atoms with Gasteiger partial charge in [0.05, 0.1) is 22.2 Å². The molecule has 0 atom stereocenters. The summed E-state index contributed by atoms with van der Waals surface area (Å²) in [5.74, 6) is -0.523. The summed E-state index contributed by atoms with van der Waals surface area (Å²) in [6, 6.07) is 2.87. The maximum Gasteiger partial charge on any atom is 0.305 e. The summed E-state index contributed by atoms with van der Waals surface area (Å²) in [6.07, 6.45) is 0.802. The fraction of sp³-hybridized carbons (Fsp3) is 0.333. The molecule has 0 saturated carbocycles. The Bertz CT molecular complexity index is 472. The fourth-order valence-electron chi connectivity index (χ4n) is 1.37. The number of halogens is 3. The first kappa shape index (κ1) is 15.3. The molecule has 6 heteroatoms. The third kappa shape index (κ3) is 4.16. The molecule has 1 rings (SSSR count). The molecule has 0 saturated heterocycles. The van der Waals surface area contributed by atoms with Crippen molar-refractivity contribution in [3.63, 3.8) is 0 Å². The smallest absolute Gasteiger partial charge is 0.305 e. The highest BCUT2D eigenvalue weighted by atomic mass is 35.5. The summed E-state index contributed by atoms with van der Waals surface area (Å²) in [4.78, 5) is 22.8. The van der Waals surface area contributed by atoms with E-state index in [2.05, 4.69) is 4.74 Å². The van der Waals surface area contributed by atoms with Crippen molar-refractivity contribution in [2.75, 3.05) is 7.11 Å². The molecular formula is C12H11Cl3O3. The van der Waals surface area contributed by atoms with Crippen LogP contribution >= 0.6 is 34.8 Å². The minimum absolute atomic E-state index is 0.178. The zero-order chi connectivity index (χ0) is 13.7. The first-order valence-electron chi connectivity index (χ1n) is 5.20. The Balaban J connectivity index is 2.67. The van der Waals surface area contributed by atoms with Crippen molar-refractivity contribution >= 4 is 46.6 Å². The molecule has 1 aromatic carbocycles. The lowest BCUT2D eigenvalue weighted by molar-refractivity contribution is -0.140. The van der Waals surface area contributed by atoms with Gasteiger partial charge in [-0.05, 0) is 18.6 Å². The van der Waals surface area contributed by atoms with Gasteiger partial charge in [-0.2, -0.15) is 0 Å². The minimum Gasteiger partial charge on any atom is -0.469 e. The lowest BCUT2D eigenvalue weighted by atomic mass is 10.1. The third-order valence-electron chi connectivity index (χ3n) is 2.32. The highest BCUT2D eigenvalue weighted by Gasteiger charge is 2.14. The van der Waals surface area contributed by atoms with Gasteiger partial charge in [-0.25, -0.2) is 0 Å². The van der Waals surface area contributed by atoms with Crippen LogP contribution in [0.3, 0.4) is 0 Å². The molecule has 0 fully saturated rings. The van der Waals surface area contributed by atoms with Crippen LogP contribution in [0.2, 0.25) is 15.1 Å². The number of benzene rings is 1. The molecule has 0 bridgehead atoms. The van der Waals surface area contributed by atoms with E-state index in [1.54, 1.807) is 0 Å². The second-order valence-electron chi connectivity index (χ2n) is 3.60. The van der Waals surface area contributed by atoms with Crippen molar-refractivity contribution < 1.29 is 14.3 Å². The van der Waals surface area contributed by atoms with Gasteiger partial charge >= 0.3 is 5.97 Å². The number of carbonyl (C=O) groups excluding carboxylic acids is 2. The molecule has 0 aromatic heterocycles. The van der Waals surface area contributed by atoms with Gasteiger partial charge in [0.1, 0.15) is 0 Å². The number of rotatable bonds is 5. The molecule has 0 aliphatic heterocycles. The quantitative estimate of drug-likeness (QED) is 0.466. The number of hydrogen-bond donors (Lipinski definition) is 0. The molecule has 0 radical (unpaired) electrons. The second-order valence-corrected chi connectivity index (χ2v) is 4.82. The molecule has 0 heterocycles. The predicted molar refractivity (Wildman–Crippen MR) is 71.7 cm³/mol. The van der Waals surface area contributed by atoms with Crippen molar-refractivity contribution in [2.45, 2.75) is 19.3 Å². The molecule has 0 amide bonds. The second kappa shape index (κ2) is 6.98. The van der Waals surface area contributed by atoms with Crippen LogP contribution in [0.25, 0.3) is 0 Å². The Morgan fingerprint density at radius 3 is 2.28 bits per heavy atom. The van der Waals surface area contributed by atoms with E-state index in [1.165, 1.54) is 19.2 Å². The molecule has 1 aromatic rings. The standard InChI is InChI=1S/C12H11Cl3O3/c1-18-12(17)4-2-3-11(16)7-5-9(14)10(15)6-8(7)13/h5-6H,2-4H2,1H3. The lowest BCUT2D eigenvalue weighted by Crippen LogP contribution is -2.04. The van der Waals surface area contributed by atoms with Gasteiger partial charge in [-0.15, -0.1) is 0 Å². The van der Waals surface area contributed by atoms with E-state index in [4.69, 9.17) is 34.8 Å². The van der Waals surface area contributed by atoms with Crippen LogP contribution in [0.5, 0.6) is 0 Å². The van der Waals surface area contributed by atoms with E-state index in [0.29, 0.717) is 17.0 Å². The average Bonchev–Trinajstić information content (AvgIpc) is 2.33.